The van der Waals surface area contributed by atoms with Gasteiger partial charge in [0.25, 0.3) is 5.56 Å². The van der Waals surface area contributed by atoms with Crippen LogP contribution in [0.15, 0.2) is 16.0 Å². The van der Waals surface area contributed by atoms with Crippen LogP contribution in [-0.2, 0) is 25.9 Å². The molecule has 0 saturated carbocycles. The van der Waals surface area contributed by atoms with Crippen LogP contribution in [0, 0.1) is 0 Å². The third-order valence-electron chi connectivity index (χ3n) is 5.39. The zero-order valence-electron chi connectivity index (χ0n) is 16.1. The highest BCUT2D eigenvalue weighted by atomic mass is 16.1. The Hall–Kier alpha value is -2.28. The summed E-state index contributed by atoms with van der Waals surface area (Å²) in [5, 5.41) is 0. The highest BCUT2D eigenvalue weighted by molar-refractivity contribution is 5.97. The third-order valence-corrected chi connectivity index (χ3v) is 5.39. The first kappa shape index (κ1) is 18.1. The molecule has 0 saturated heterocycles. The number of hydrogen-bond donors (Lipinski definition) is 2. The molecule has 0 fully saturated rings. The van der Waals surface area contributed by atoms with Gasteiger partial charge in [-0.2, -0.15) is 0 Å². The number of H-pyrrole nitrogens is 2. The third kappa shape index (κ3) is 4.18. The van der Waals surface area contributed by atoms with Crippen molar-refractivity contribution < 1.29 is 0 Å². The van der Waals surface area contributed by atoms with Gasteiger partial charge in [-0.1, -0.05) is 13.3 Å². The van der Waals surface area contributed by atoms with Crippen LogP contribution in [0.1, 0.15) is 67.6 Å². The normalized spacial score (nSPS) is 17.6. The molecule has 2 aliphatic heterocycles. The van der Waals surface area contributed by atoms with Crippen LogP contribution in [-0.4, -0.2) is 43.6 Å². The van der Waals surface area contributed by atoms with Crippen molar-refractivity contribution in [3.63, 3.8) is 0 Å². The summed E-state index contributed by atoms with van der Waals surface area (Å²) >= 11 is 0. The van der Waals surface area contributed by atoms with E-state index in [4.69, 9.17) is 4.98 Å². The van der Waals surface area contributed by atoms with E-state index in [2.05, 4.69) is 31.8 Å². The number of nitrogens with zero attached hydrogens (tertiary/aromatic N) is 4. The number of aromatic amines is 2. The Morgan fingerprint density at radius 2 is 2.15 bits per heavy atom. The van der Waals surface area contributed by atoms with Gasteiger partial charge in [0.1, 0.15) is 5.82 Å². The Morgan fingerprint density at radius 1 is 1.22 bits per heavy atom. The van der Waals surface area contributed by atoms with Gasteiger partial charge in [0, 0.05) is 50.9 Å². The van der Waals surface area contributed by atoms with Gasteiger partial charge in [-0.05, 0) is 25.7 Å². The molecule has 2 N–H and O–H groups in total. The summed E-state index contributed by atoms with van der Waals surface area (Å²) in [5.41, 5.74) is 3.79. The van der Waals surface area contributed by atoms with Gasteiger partial charge in [-0.3, -0.25) is 14.7 Å². The first-order valence-electron chi connectivity index (χ1n) is 10.1. The highest BCUT2D eigenvalue weighted by Gasteiger charge is 2.23. The number of fused-ring (bicyclic) bond motifs is 1. The summed E-state index contributed by atoms with van der Waals surface area (Å²) in [6.45, 7) is 5.35. The predicted octanol–water partition coefficient (Wildman–Crippen LogP) is 2.37. The van der Waals surface area contributed by atoms with Crippen molar-refractivity contribution in [3.8, 4) is 0 Å². The lowest BCUT2D eigenvalue weighted by molar-refractivity contribution is 0.239. The molecule has 2 aromatic heterocycles. The molecule has 0 atom stereocenters. The molecule has 27 heavy (non-hydrogen) atoms. The van der Waals surface area contributed by atoms with Crippen molar-refractivity contribution in [3.05, 3.63) is 45.2 Å². The maximum atomic E-state index is 12.7. The first-order valence-corrected chi connectivity index (χ1v) is 10.1. The van der Waals surface area contributed by atoms with Crippen LogP contribution in [0.25, 0.3) is 0 Å². The number of unbranched alkanes of at least 4 members (excludes halogenated alkanes) is 1. The Bertz CT molecular complexity index is 881. The van der Waals surface area contributed by atoms with Crippen LogP contribution in [0.4, 0.5) is 0 Å². The van der Waals surface area contributed by atoms with Gasteiger partial charge >= 0.3 is 0 Å². The van der Waals surface area contributed by atoms with Gasteiger partial charge < -0.3 is 9.97 Å². The van der Waals surface area contributed by atoms with Crippen molar-refractivity contribution in [2.45, 2.75) is 65.0 Å². The number of rotatable bonds is 6. The van der Waals surface area contributed by atoms with Crippen molar-refractivity contribution in [2.75, 3.05) is 13.1 Å². The molecule has 2 aromatic rings. The van der Waals surface area contributed by atoms with E-state index in [0.717, 1.165) is 86.6 Å². The van der Waals surface area contributed by atoms with E-state index >= 15 is 0 Å². The van der Waals surface area contributed by atoms with E-state index in [1.807, 2.05) is 6.20 Å². The summed E-state index contributed by atoms with van der Waals surface area (Å²) in [6, 6.07) is 0. The highest BCUT2D eigenvalue weighted by Crippen LogP contribution is 2.17. The van der Waals surface area contributed by atoms with Crippen LogP contribution in [0.5, 0.6) is 0 Å². The van der Waals surface area contributed by atoms with Crippen LogP contribution >= 0.6 is 0 Å². The van der Waals surface area contributed by atoms with Crippen LogP contribution < -0.4 is 5.56 Å². The fourth-order valence-electron chi connectivity index (χ4n) is 3.84. The molecule has 0 amide bonds. The minimum absolute atomic E-state index is 0.0128. The summed E-state index contributed by atoms with van der Waals surface area (Å²) in [6.07, 6.45) is 9.20. The Kier molecular flexibility index (Phi) is 5.48. The SMILES string of the molecule is CCCCc1ncc(CN2CCc3nc(C4=NCCCC4)[nH]c(=O)c3C2)[nH]1. The average Bonchev–Trinajstić information content (AvgIpc) is 3.14. The van der Waals surface area contributed by atoms with Gasteiger partial charge in [0.2, 0.25) is 0 Å². The number of aryl methyl sites for hydroxylation is 1. The standard InChI is InChI=1S/C20H28N6O/c1-2-3-7-18-22-11-14(23-18)12-26-10-8-16-15(13-26)20(27)25-19(24-16)17-6-4-5-9-21-17/h11H,2-10,12-13H2,1H3,(H,22,23)(H,24,25,27). The fourth-order valence-corrected chi connectivity index (χ4v) is 3.84. The van der Waals surface area contributed by atoms with E-state index in [1.165, 1.54) is 6.42 Å². The number of hydrogen-bond acceptors (Lipinski definition) is 5. The lowest BCUT2D eigenvalue weighted by Crippen LogP contribution is -2.36. The van der Waals surface area contributed by atoms with E-state index in [9.17, 15) is 4.79 Å². The number of nitrogens with one attached hydrogen (secondary N) is 2. The molecule has 144 valence electrons. The van der Waals surface area contributed by atoms with Gasteiger partial charge in [-0.25, -0.2) is 9.97 Å². The second-order valence-electron chi connectivity index (χ2n) is 7.54. The van der Waals surface area contributed by atoms with Crippen molar-refractivity contribution in [1.82, 2.24) is 24.8 Å². The first-order chi connectivity index (χ1) is 13.2. The zero-order chi connectivity index (χ0) is 18.6. The average molecular weight is 368 g/mol. The minimum atomic E-state index is -0.0128. The Morgan fingerprint density at radius 3 is 2.96 bits per heavy atom. The molecule has 0 aromatic carbocycles. The van der Waals surface area contributed by atoms with E-state index < -0.39 is 0 Å². The fraction of sp³-hybridized carbons (Fsp3) is 0.600. The molecule has 0 spiro atoms. The Labute approximate surface area is 159 Å². The summed E-state index contributed by atoms with van der Waals surface area (Å²) in [7, 11) is 0. The summed E-state index contributed by atoms with van der Waals surface area (Å²) in [5.74, 6) is 1.74. The van der Waals surface area contributed by atoms with Gasteiger partial charge in [0.15, 0.2) is 5.82 Å². The van der Waals surface area contributed by atoms with E-state index in [1.54, 1.807) is 0 Å². The van der Waals surface area contributed by atoms with Gasteiger partial charge in [-0.15, -0.1) is 0 Å². The lowest BCUT2D eigenvalue weighted by atomic mass is 10.1. The molecule has 2 aliphatic rings. The number of aliphatic imine (C=N–C) groups is 1. The molecule has 0 bridgehead atoms. The van der Waals surface area contributed by atoms with E-state index in [-0.39, 0.29) is 5.56 Å². The van der Waals surface area contributed by atoms with Crippen molar-refractivity contribution in [2.24, 2.45) is 4.99 Å². The molecule has 4 heterocycles. The van der Waals surface area contributed by atoms with E-state index in [0.29, 0.717) is 12.4 Å². The molecule has 0 radical (unpaired) electrons. The quantitative estimate of drug-likeness (QED) is 0.819. The summed E-state index contributed by atoms with van der Waals surface area (Å²) < 4.78 is 0. The number of imidazole rings is 1. The number of aromatic nitrogens is 4. The minimum Gasteiger partial charge on any atom is -0.345 e. The molecule has 0 unspecified atom stereocenters. The molecule has 0 aliphatic carbocycles. The predicted molar refractivity (Wildman–Crippen MR) is 105 cm³/mol. The monoisotopic (exact) mass is 368 g/mol. The Balaban J connectivity index is 1.46. The maximum Gasteiger partial charge on any atom is 0.255 e. The van der Waals surface area contributed by atoms with Crippen molar-refractivity contribution in [1.29, 1.82) is 0 Å². The lowest BCUT2D eigenvalue weighted by Gasteiger charge is -2.27. The zero-order valence-corrected chi connectivity index (χ0v) is 16.1. The van der Waals surface area contributed by atoms with Gasteiger partial charge in [0.05, 0.1) is 17.0 Å². The van der Waals surface area contributed by atoms with Crippen LogP contribution in [0.2, 0.25) is 0 Å². The maximum absolute atomic E-state index is 12.7. The molecule has 4 rings (SSSR count). The molecule has 7 heteroatoms. The molecular formula is C20H28N6O. The second kappa shape index (κ2) is 8.17. The topological polar surface area (TPSA) is 90.0 Å². The summed E-state index contributed by atoms with van der Waals surface area (Å²) in [4.78, 5) is 35.1. The smallest absolute Gasteiger partial charge is 0.255 e. The molecular weight excluding hydrogens is 340 g/mol. The molecule has 7 nitrogen and oxygen atoms in total. The van der Waals surface area contributed by atoms with Crippen LogP contribution in [0.3, 0.4) is 0 Å². The van der Waals surface area contributed by atoms with Crippen molar-refractivity contribution >= 4 is 5.71 Å². The largest absolute Gasteiger partial charge is 0.345 e. The second-order valence-corrected chi connectivity index (χ2v) is 7.54.